The summed E-state index contributed by atoms with van der Waals surface area (Å²) in [5, 5.41) is 9.13. The minimum atomic E-state index is -3.64. The van der Waals surface area contributed by atoms with E-state index < -0.39 is 34.0 Å². The molecule has 31 heavy (non-hydrogen) atoms. The number of likely N-dealkylation sites (tertiary alicyclic amines) is 1. The number of hydrogen-bond acceptors (Lipinski definition) is 5. The van der Waals surface area contributed by atoms with Crippen molar-refractivity contribution >= 4 is 16.2 Å². The number of hydrogen-bond donors (Lipinski definition) is 1. The predicted octanol–water partition coefficient (Wildman–Crippen LogP) is 3.46. The van der Waals surface area contributed by atoms with Crippen LogP contribution in [0.1, 0.15) is 36.6 Å². The molecule has 1 saturated heterocycles. The van der Waals surface area contributed by atoms with Gasteiger partial charge in [-0.1, -0.05) is 0 Å². The highest BCUT2D eigenvalue weighted by molar-refractivity contribution is 7.85. The largest absolute Gasteiger partial charge is 0.465 e. The minimum absolute atomic E-state index is 0.113. The molecule has 0 bridgehead atoms. The van der Waals surface area contributed by atoms with Crippen LogP contribution in [0, 0.1) is 5.82 Å². The number of imidazole rings is 1. The number of amides is 1. The number of rotatable bonds is 7. The number of alkyl halides is 2. The number of nitrogens with zero attached hydrogens (tertiary/aromatic N) is 3. The van der Waals surface area contributed by atoms with Crippen molar-refractivity contribution < 1.29 is 35.7 Å². The van der Waals surface area contributed by atoms with Crippen LogP contribution in [0.25, 0.3) is 11.3 Å². The molecule has 1 aromatic carbocycles. The Morgan fingerprint density at radius 3 is 2.58 bits per heavy atom. The third kappa shape index (κ3) is 5.76. The first-order valence-electron chi connectivity index (χ1n) is 9.52. The van der Waals surface area contributed by atoms with Gasteiger partial charge in [-0.3, -0.25) is 4.18 Å². The second-order valence-corrected chi connectivity index (χ2v) is 8.93. The summed E-state index contributed by atoms with van der Waals surface area (Å²) in [6.45, 7) is 0.612. The molecule has 12 heteroatoms. The van der Waals surface area contributed by atoms with Crippen molar-refractivity contribution in [3.05, 3.63) is 41.6 Å². The summed E-state index contributed by atoms with van der Waals surface area (Å²) in [7, 11) is -3.64. The van der Waals surface area contributed by atoms with Gasteiger partial charge in [-0.15, -0.1) is 0 Å². The summed E-state index contributed by atoms with van der Waals surface area (Å²) in [5.74, 6) is -0.557. The molecule has 0 spiro atoms. The zero-order valence-electron chi connectivity index (χ0n) is 16.7. The lowest BCUT2D eigenvalue weighted by Gasteiger charge is -2.29. The molecule has 1 amide bonds. The monoisotopic (exact) mass is 461 g/mol. The topological polar surface area (TPSA) is 102 Å². The van der Waals surface area contributed by atoms with Crippen LogP contribution in [0.3, 0.4) is 0 Å². The molecule has 0 aliphatic carbocycles. The molecule has 0 saturated carbocycles. The maximum absolute atomic E-state index is 13.7. The van der Waals surface area contributed by atoms with Gasteiger partial charge in [0, 0.05) is 37.3 Å². The minimum Gasteiger partial charge on any atom is -0.465 e. The Bertz CT molecular complexity index is 1050. The Kier molecular flexibility index (Phi) is 6.90. The van der Waals surface area contributed by atoms with Gasteiger partial charge in [0.2, 0.25) is 0 Å². The van der Waals surface area contributed by atoms with Crippen LogP contribution in [0.5, 0.6) is 0 Å². The Morgan fingerprint density at radius 1 is 1.32 bits per heavy atom. The van der Waals surface area contributed by atoms with Crippen LogP contribution >= 0.6 is 0 Å². The molecule has 8 nitrogen and oxygen atoms in total. The molecule has 1 N–H and O–H groups in total. The van der Waals surface area contributed by atoms with Crippen molar-refractivity contribution in [2.75, 3.05) is 26.0 Å². The van der Waals surface area contributed by atoms with Gasteiger partial charge in [-0.25, -0.2) is 22.9 Å². The number of aromatic nitrogens is 2. The maximum Gasteiger partial charge on any atom is 0.407 e. The van der Waals surface area contributed by atoms with Crippen LogP contribution in [-0.2, 0) is 20.8 Å². The quantitative estimate of drug-likeness (QED) is 0.634. The van der Waals surface area contributed by atoms with Gasteiger partial charge in [0.25, 0.3) is 16.5 Å². The van der Waals surface area contributed by atoms with Crippen molar-refractivity contribution in [3.8, 4) is 11.3 Å². The predicted molar refractivity (Wildman–Crippen MR) is 105 cm³/mol. The van der Waals surface area contributed by atoms with Gasteiger partial charge in [0.05, 0.1) is 24.1 Å². The average molecular weight is 461 g/mol. The molecule has 1 aliphatic rings. The van der Waals surface area contributed by atoms with E-state index in [-0.39, 0.29) is 19.1 Å². The summed E-state index contributed by atoms with van der Waals surface area (Å²) >= 11 is 0. The van der Waals surface area contributed by atoms with Gasteiger partial charge in [0.15, 0.2) is 0 Å². The molecule has 0 unspecified atom stereocenters. The zero-order valence-corrected chi connectivity index (χ0v) is 17.5. The highest BCUT2D eigenvalue weighted by Gasteiger charge is 2.27. The number of piperidine rings is 1. The Hall–Kier alpha value is -2.60. The molecule has 1 aliphatic heterocycles. The lowest BCUT2D eigenvalue weighted by Crippen LogP contribution is -2.37. The van der Waals surface area contributed by atoms with Crippen molar-refractivity contribution in [1.29, 1.82) is 0 Å². The number of carboxylic acid groups (broad SMARTS) is 1. The molecular formula is C19H22F3N3O5S. The fraction of sp³-hybridized carbons (Fsp3) is 0.474. The Balaban J connectivity index is 1.90. The number of benzene rings is 1. The van der Waals surface area contributed by atoms with Gasteiger partial charge >= 0.3 is 6.09 Å². The molecule has 3 rings (SSSR count). The van der Waals surface area contributed by atoms with E-state index in [0.717, 1.165) is 18.4 Å². The van der Waals surface area contributed by atoms with Crippen molar-refractivity contribution in [2.45, 2.75) is 31.7 Å². The molecule has 0 atom stereocenters. The van der Waals surface area contributed by atoms with Crippen molar-refractivity contribution in [3.63, 3.8) is 0 Å². The van der Waals surface area contributed by atoms with Crippen molar-refractivity contribution in [1.82, 2.24) is 14.5 Å². The fourth-order valence-corrected chi connectivity index (χ4v) is 3.94. The summed E-state index contributed by atoms with van der Waals surface area (Å²) in [4.78, 5) is 17.0. The average Bonchev–Trinajstić information content (AvgIpc) is 3.11. The third-order valence-electron chi connectivity index (χ3n) is 5.09. The SMILES string of the molecule is CS(=O)(=O)OCCn1cc(-c2ccc(F)c(C(F)F)c2)nc1C1CCN(C(=O)O)CC1. The highest BCUT2D eigenvalue weighted by Crippen LogP contribution is 2.32. The lowest BCUT2D eigenvalue weighted by atomic mass is 9.96. The van der Waals surface area contributed by atoms with Gasteiger partial charge in [0.1, 0.15) is 11.6 Å². The fourth-order valence-electron chi connectivity index (χ4n) is 3.56. The van der Waals surface area contributed by atoms with Crippen LogP contribution in [-0.4, -0.2) is 60.0 Å². The first-order valence-corrected chi connectivity index (χ1v) is 11.3. The lowest BCUT2D eigenvalue weighted by molar-refractivity contribution is 0.131. The summed E-state index contributed by atoms with van der Waals surface area (Å²) in [6.07, 6.45) is -0.477. The van der Waals surface area contributed by atoms with Crippen LogP contribution in [0.4, 0.5) is 18.0 Å². The third-order valence-corrected chi connectivity index (χ3v) is 5.69. The molecule has 1 aromatic heterocycles. The number of carbonyl (C=O) groups is 1. The standard InChI is InChI=1S/C19H22F3N3O5S/c1-31(28,29)30-9-8-25-11-16(13-2-3-15(20)14(10-13)17(21)22)23-18(25)12-4-6-24(7-5-12)19(26)27/h2-3,10-12,17H,4-9H2,1H3,(H,26,27). The highest BCUT2D eigenvalue weighted by atomic mass is 32.2. The van der Waals surface area contributed by atoms with E-state index in [0.29, 0.717) is 43.0 Å². The van der Waals surface area contributed by atoms with E-state index >= 15 is 0 Å². The maximum atomic E-state index is 13.7. The van der Waals surface area contributed by atoms with E-state index in [1.165, 1.54) is 11.0 Å². The first kappa shape index (κ1) is 23.1. The van der Waals surface area contributed by atoms with Gasteiger partial charge in [-0.05, 0) is 31.0 Å². The molecule has 0 radical (unpaired) electrons. The summed E-state index contributed by atoms with van der Waals surface area (Å²) in [6, 6.07) is 3.34. The Labute approximate surface area is 177 Å². The molecule has 1 fully saturated rings. The van der Waals surface area contributed by atoms with Gasteiger partial charge < -0.3 is 14.6 Å². The molecule has 2 heterocycles. The zero-order chi connectivity index (χ0) is 22.8. The second kappa shape index (κ2) is 9.27. The van der Waals surface area contributed by atoms with E-state index in [2.05, 4.69) is 4.98 Å². The van der Waals surface area contributed by atoms with E-state index in [9.17, 15) is 26.4 Å². The molecular weight excluding hydrogens is 439 g/mol. The van der Waals surface area contributed by atoms with E-state index in [4.69, 9.17) is 9.29 Å². The van der Waals surface area contributed by atoms with E-state index in [1.807, 2.05) is 0 Å². The first-order chi connectivity index (χ1) is 14.5. The van der Waals surface area contributed by atoms with Crippen LogP contribution < -0.4 is 0 Å². The van der Waals surface area contributed by atoms with Gasteiger partial charge in [-0.2, -0.15) is 8.42 Å². The number of halogens is 3. The summed E-state index contributed by atoms with van der Waals surface area (Å²) < 4.78 is 68.8. The van der Waals surface area contributed by atoms with Crippen molar-refractivity contribution in [2.24, 2.45) is 0 Å². The normalized spacial score (nSPS) is 15.6. The van der Waals surface area contributed by atoms with E-state index in [1.54, 1.807) is 10.8 Å². The van der Waals surface area contributed by atoms with Crippen LogP contribution in [0.2, 0.25) is 0 Å². The molecule has 2 aromatic rings. The smallest absolute Gasteiger partial charge is 0.407 e. The Morgan fingerprint density at radius 2 is 2.00 bits per heavy atom. The van der Waals surface area contributed by atoms with Crippen LogP contribution in [0.15, 0.2) is 24.4 Å². The second-order valence-electron chi connectivity index (χ2n) is 7.28. The molecule has 170 valence electrons. The summed E-state index contributed by atoms with van der Waals surface area (Å²) in [5.41, 5.74) is -0.107.